The van der Waals surface area contributed by atoms with Gasteiger partial charge in [0.15, 0.2) is 0 Å². The summed E-state index contributed by atoms with van der Waals surface area (Å²) >= 11 is 0. The molecular weight excluding hydrogens is 456 g/mol. The molecule has 0 radical (unpaired) electrons. The predicted molar refractivity (Wildman–Crippen MR) is 133 cm³/mol. The first kappa shape index (κ1) is 22.6. The fourth-order valence-corrected chi connectivity index (χ4v) is 6.44. The molecule has 4 atom stereocenters. The van der Waals surface area contributed by atoms with Crippen LogP contribution in [0.25, 0.3) is 10.8 Å². The van der Waals surface area contributed by atoms with Crippen LogP contribution in [0.3, 0.4) is 0 Å². The second-order valence-electron chi connectivity index (χ2n) is 10.0. The number of carbonyl (C=O) groups excluding carboxylic acids is 2. The Kier molecular flexibility index (Phi) is 5.06. The molecule has 0 aliphatic carbocycles. The molecule has 3 saturated heterocycles. The van der Waals surface area contributed by atoms with Gasteiger partial charge in [-0.1, -0.05) is 24.3 Å². The fraction of sp³-hybridized carbons (Fsp3) is 0.345. The number of hydrogen-bond acceptors (Lipinski definition) is 6. The number of ether oxygens (including phenoxy) is 3. The maximum Gasteiger partial charge on any atom is 0.240 e. The second kappa shape index (κ2) is 8.07. The van der Waals surface area contributed by atoms with Crippen molar-refractivity contribution in [2.75, 3.05) is 18.6 Å². The number of rotatable bonds is 6. The molecule has 6 rings (SSSR count). The predicted octanol–water partition coefficient (Wildman–Crippen LogP) is 4.62. The van der Waals surface area contributed by atoms with Gasteiger partial charge < -0.3 is 14.2 Å². The Hall–Kier alpha value is -3.89. The Labute approximate surface area is 209 Å². The lowest BCUT2D eigenvalue weighted by atomic mass is 9.67. The van der Waals surface area contributed by atoms with Crippen LogP contribution in [0.4, 0.5) is 5.69 Å². The van der Waals surface area contributed by atoms with Crippen molar-refractivity contribution in [2.45, 2.75) is 37.4 Å². The Morgan fingerprint density at radius 3 is 2.39 bits per heavy atom. The van der Waals surface area contributed by atoms with Crippen LogP contribution in [0.1, 0.15) is 31.7 Å². The third-order valence-electron chi connectivity index (χ3n) is 8.13. The molecule has 3 aromatic rings. The van der Waals surface area contributed by atoms with E-state index in [0.29, 0.717) is 41.8 Å². The molecule has 0 aromatic heterocycles. The van der Waals surface area contributed by atoms with Gasteiger partial charge in [0, 0.05) is 17.2 Å². The van der Waals surface area contributed by atoms with Crippen molar-refractivity contribution in [3.63, 3.8) is 0 Å². The molecule has 3 aliphatic rings. The highest BCUT2D eigenvalue weighted by atomic mass is 16.5. The summed E-state index contributed by atoms with van der Waals surface area (Å²) in [6.07, 6.45) is 1.94. The van der Waals surface area contributed by atoms with Gasteiger partial charge in [0.05, 0.1) is 54.1 Å². The van der Waals surface area contributed by atoms with Crippen molar-refractivity contribution in [3.8, 4) is 17.6 Å². The van der Waals surface area contributed by atoms with E-state index in [0.717, 1.165) is 17.6 Å². The van der Waals surface area contributed by atoms with E-state index in [2.05, 4.69) is 6.07 Å². The third kappa shape index (κ3) is 3.14. The summed E-state index contributed by atoms with van der Waals surface area (Å²) in [4.78, 5) is 29.1. The highest BCUT2D eigenvalue weighted by Crippen LogP contribution is 2.62. The van der Waals surface area contributed by atoms with E-state index >= 15 is 0 Å². The van der Waals surface area contributed by atoms with Crippen molar-refractivity contribution in [1.29, 1.82) is 5.26 Å². The summed E-state index contributed by atoms with van der Waals surface area (Å²) in [5.74, 6) is -0.0820. The summed E-state index contributed by atoms with van der Waals surface area (Å²) < 4.78 is 17.7. The van der Waals surface area contributed by atoms with E-state index in [-0.39, 0.29) is 11.8 Å². The van der Waals surface area contributed by atoms with Gasteiger partial charge in [0.2, 0.25) is 11.8 Å². The topological polar surface area (TPSA) is 88.9 Å². The van der Waals surface area contributed by atoms with E-state index in [9.17, 15) is 14.9 Å². The Balaban J connectivity index is 1.31. The number of carbonyl (C=O) groups is 2. The smallest absolute Gasteiger partial charge is 0.240 e. The molecule has 0 unspecified atom stereocenters. The lowest BCUT2D eigenvalue weighted by molar-refractivity contribution is -0.131. The van der Waals surface area contributed by atoms with Gasteiger partial charge in [-0.2, -0.15) is 5.26 Å². The number of fused-ring (bicyclic) bond motifs is 6. The summed E-state index contributed by atoms with van der Waals surface area (Å²) in [7, 11) is 1.61. The van der Waals surface area contributed by atoms with Crippen molar-refractivity contribution in [3.05, 3.63) is 66.2 Å². The van der Waals surface area contributed by atoms with Crippen LogP contribution >= 0.6 is 0 Å². The number of hydrogen-bond donors (Lipinski definition) is 0. The number of imide groups is 1. The number of nitrogens with zero attached hydrogens (tertiary/aromatic N) is 2. The summed E-state index contributed by atoms with van der Waals surface area (Å²) in [6.45, 7) is 2.32. The maximum absolute atomic E-state index is 13.9. The number of anilines is 1. The van der Waals surface area contributed by atoms with Crippen molar-refractivity contribution in [2.24, 2.45) is 11.8 Å². The van der Waals surface area contributed by atoms with Crippen LogP contribution in [0, 0.1) is 23.2 Å². The maximum atomic E-state index is 13.9. The standard InChI is InChI=1S/C29H26N2O5/c1-28-13-14-29(36-28,15-16-35-20-10-8-19(34-2)9-11-20)25-24(28)26(32)31(27(25)33)23-12-7-18(17-30)21-5-3-4-6-22(21)23/h3-12,24-25H,13-16H2,1-2H3/t24-,25+,28-,29-/m1/s1. The lowest BCUT2D eigenvalue weighted by Crippen LogP contribution is -2.43. The molecular formula is C29H26N2O5. The largest absolute Gasteiger partial charge is 0.497 e. The minimum atomic E-state index is -0.740. The molecule has 7 nitrogen and oxygen atoms in total. The Bertz CT molecular complexity index is 1430. The zero-order valence-electron chi connectivity index (χ0n) is 20.2. The number of methoxy groups -OCH3 is 1. The van der Waals surface area contributed by atoms with E-state index < -0.39 is 23.0 Å². The van der Waals surface area contributed by atoms with E-state index in [1.807, 2.05) is 55.5 Å². The first-order valence-corrected chi connectivity index (χ1v) is 12.2. The molecule has 3 aromatic carbocycles. The average Bonchev–Trinajstić information content (AvgIpc) is 3.48. The van der Waals surface area contributed by atoms with Gasteiger partial charge in [0.1, 0.15) is 11.5 Å². The summed E-state index contributed by atoms with van der Waals surface area (Å²) in [6, 6.07) is 20.3. The monoisotopic (exact) mass is 482 g/mol. The first-order valence-electron chi connectivity index (χ1n) is 12.2. The SMILES string of the molecule is COc1ccc(OCC[C@@]23CC[C@@](C)(O2)[C@H]2C(=O)N(c4ccc(C#N)c5ccccc45)C(=O)[C@H]23)cc1. The third-order valence-corrected chi connectivity index (χ3v) is 8.13. The van der Waals surface area contributed by atoms with Gasteiger partial charge in [0.25, 0.3) is 0 Å². The van der Waals surface area contributed by atoms with Gasteiger partial charge in [-0.25, -0.2) is 4.90 Å². The van der Waals surface area contributed by atoms with Crippen molar-refractivity contribution >= 4 is 28.3 Å². The highest BCUT2D eigenvalue weighted by Gasteiger charge is 2.73. The lowest BCUT2D eigenvalue weighted by Gasteiger charge is -2.31. The van der Waals surface area contributed by atoms with Crippen LogP contribution in [0.5, 0.6) is 11.5 Å². The number of nitriles is 1. The quantitative estimate of drug-likeness (QED) is 0.477. The molecule has 182 valence electrons. The zero-order chi connectivity index (χ0) is 25.1. The number of benzene rings is 3. The fourth-order valence-electron chi connectivity index (χ4n) is 6.44. The minimum Gasteiger partial charge on any atom is -0.497 e. The molecule has 2 amide bonds. The molecule has 0 N–H and O–H groups in total. The van der Waals surface area contributed by atoms with E-state index in [1.165, 1.54) is 4.90 Å². The molecule has 0 spiro atoms. The normalized spacial score (nSPS) is 28.4. The van der Waals surface area contributed by atoms with E-state index in [1.54, 1.807) is 19.2 Å². The molecule has 2 bridgehead atoms. The van der Waals surface area contributed by atoms with Crippen LogP contribution in [0.15, 0.2) is 60.7 Å². The average molecular weight is 483 g/mol. The van der Waals surface area contributed by atoms with Gasteiger partial charge in [-0.3, -0.25) is 9.59 Å². The second-order valence-corrected chi connectivity index (χ2v) is 10.0. The zero-order valence-corrected chi connectivity index (χ0v) is 20.2. The van der Waals surface area contributed by atoms with Gasteiger partial charge in [-0.15, -0.1) is 0 Å². The minimum absolute atomic E-state index is 0.222. The van der Waals surface area contributed by atoms with E-state index in [4.69, 9.17) is 14.2 Å². The summed E-state index contributed by atoms with van der Waals surface area (Å²) in [5.41, 5.74) is -0.387. The number of amides is 2. The van der Waals surface area contributed by atoms with Crippen molar-refractivity contribution in [1.82, 2.24) is 0 Å². The molecule has 3 fully saturated rings. The van der Waals surface area contributed by atoms with Gasteiger partial charge in [-0.05, 0) is 56.2 Å². The Morgan fingerprint density at radius 1 is 0.972 bits per heavy atom. The van der Waals surface area contributed by atoms with Crippen molar-refractivity contribution < 1.29 is 23.8 Å². The van der Waals surface area contributed by atoms with Crippen LogP contribution in [0.2, 0.25) is 0 Å². The first-order chi connectivity index (χ1) is 17.4. The van der Waals surface area contributed by atoms with Crippen LogP contribution < -0.4 is 14.4 Å². The summed E-state index contributed by atoms with van der Waals surface area (Å²) in [5, 5.41) is 11.0. The Morgan fingerprint density at radius 2 is 1.67 bits per heavy atom. The molecule has 36 heavy (non-hydrogen) atoms. The molecule has 7 heteroatoms. The molecule has 0 saturated carbocycles. The van der Waals surface area contributed by atoms with Crippen LogP contribution in [-0.2, 0) is 14.3 Å². The highest BCUT2D eigenvalue weighted by molar-refractivity contribution is 6.26. The van der Waals surface area contributed by atoms with Gasteiger partial charge >= 0.3 is 0 Å². The molecule has 3 heterocycles. The van der Waals surface area contributed by atoms with Crippen LogP contribution in [-0.4, -0.2) is 36.7 Å². The molecule has 3 aliphatic heterocycles.